The molecule has 4 aliphatic rings. The molecule has 2 aliphatic carbocycles. The van der Waals surface area contributed by atoms with Gasteiger partial charge < -0.3 is 10.2 Å². The monoisotopic (exact) mass is 510 g/mol. The first-order valence-electron chi connectivity index (χ1n) is 12.3. The Morgan fingerprint density at radius 3 is 2.57 bits per heavy atom. The fraction of sp³-hybridized carbons (Fsp3) is 0.615. The number of likely N-dealkylation sites (tertiary alicyclic amines) is 1. The molecule has 0 aromatic heterocycles. The van der Waals surface area contributed by atoms with Crippen molar-refractivity contribution in [2.75, 3.05) is 13.1 Å². The van der Waals surface area contributed by atoms with Crippen LogP contribution in [0.25, 0.3) is 0 Å². The second-order valence-corrected chi connectivity index (χ2v) is 13.1. The zero-order valence-corrected chi connectivity index (χ0v) is 20.5. The van der Waals surface area contributed by atoms with Gasteiger partial charge in [0.05, 0.1) is 10.6 Å². The Balaban J connectivity index is 0.00000304. The molecule has 5 nitrogen and oxygen atoms in total. The molecular formula is C26H33F3N2O3S. The van der Waals surface area contributed by atoms with E-state index >= 15 is 0 Å². The molecule has 2 heterocycles. The van der Waals surface area contributed by atoms with Gasteiger partial charge in [0.1, 0.15) is 0 Å². The molecule has 1 aromatic carbocycles. The number of hydrogen-bond acceptors (Lipinski definition) is 4. The summed E-state index contributed by atoms with van der Waals surface area (Å²) in [6.45, 7) is 5.79. The van der Waals surface area contributed by atoms with E-state index in [0.717, 1.165) is 69.8 Å². The van der Waals surface area contributed by atoms with E-state index in [1.165, 1.54) is 12.1 Å². The molecular weight excluding hydrogens is 477 g/mol. The van der Waals surface area contributed by atoms with E-state index < -0.39 is 20.2 Å². The molecule has 0 unspecified atom stereocenters. The molecule has 0 bridgehead atoms. The Hall–Kier alpha value is -2.25. The van der Waals surface area contributed by atoms with Gasteiger partial charge in [-0.3, -0.25) is 4.79 Å². The summed E-state index contributed by atoms with van der Waals surface area (Å²) in [6, 6.07) is 5.30. The van der Waals surface area contributed by atoms with E-state index in [2.05, 4.69) is 22.5 Å². The number of halogens is 3. The molecule has 1 amide bonds. The van der Waals surface area contributed by atoms with Crippen LogP contribution in [0, 0.1) is 17.3 Å². The van der Waals surface area contributed by atoms with Gasteiger partial charge in [-0.15, -0.1) is 5.73 Å². The third kappa shape index (κ3) is 4.53. The summed E-state index contributed by atoms with van der Waals surface area (Å²) in [5, 5.41) is 3.14. The second kappa shape index (κ2) is 8.41. The van der Waals surface area contributed by atoms with Gasteiger partial charge in [0.15, 0.2) is 0 Å². The Bertz CT molecular complexity index is 1180. The smallest absolute Gasteiger partial charge is 0.367 e. The largest absolute Gasteiger partial charge is 0.501 e. The molecule has 1 atom stereocenters. The Morgan fingerprint density at radius 1 is 1.20 bits per heavy atom. The molecule has 0 radical (unpaired) electrons. The Labute approximate surface area is 205 Å². The first-order chi connectivity index (χ1) is 16.4. The molecule has 2 saturated carbocycles. The Kier molecular flexibility index (Phi) is 5.87. The summed E-state index contributed by atoms with van der Waals surface area (Å²) in [5.41, 5.74) is -0.132. The van der Waals surface area contributed by atoms with Crippen LogP contribution >= 0.6 is 0 Å². The summed E-state index contributed by atoms with van der Waals surface area (Å²) in [4.78, 5) is 13.2. The summed E-state index contributed by atoms with van der Waals surface area (Å²) in [6.07, 6.45) is 8.18. The SMILES string of the molecule is C=C=C(CC1CC2(CCC(=O)N2)C1)N1CC2(CC[C@@H](Cc3cccc(S(=O)(=O)C(F)(F)F)c3)C2)C1.[HH]. The highest BCUT2D eigenvalue weighted by Gasteiger charge is 2.51. The number of benzene rings is 1. The number of sulfone groups is 1. The number of amides is 1. The summed E-state index contributed by atoms with van der Waals surface area (Å²) >= 11 is 0. The number of alkyl halides is 3. The summed E-state index contributed by atoms with van der Waals surface area (Å²) in [5.74, 6) is 1.04. The highest BCUT2D eigenvalue weighted by atomic mass is 32.2. The van der Waals surface area contributed by atoms with Crippen molar-refractivity contribution >= 4 is 15.7 Å². The van der Waals surface area contributed by atoms with E-state index in [0.29, 0.717) is 30.2 Å². The molecule has 2 spiro atoms. The van der Waals surface area contributed by atoms with E-state index in [-0.39, 0.29) is 18.3 Å². The minimum Gasteiger partial charge on any atom is -0.367 e. The van der Waals surface area contributed by atoms with Crippen molar-refractivity contribution in [3.8, 4) is 0 Å². The van der Waals surface area contributed by atoms with Crippen molar-refractivity contribution in [3.63, 3.8) is 0 Å². The summed E-state index contributed by atoms with van der Waals surface area (Å²) < 4.78 is 62.3. The van der Waals surface area contributed by atoms with Gasteiger partial charge in [-0.1, -0.05) is 18.7 Å². The number of nitrogens with zero attached hydrogens (tertiary/aromatic N) is 1. The molecule has 2 saturated heterocycles. The molecule has 192 valence electrons. The van der Waals surface area contributed by atoms with Crippen LogP contribution in [0.5, 0.6) is 0 Å². The van der Waals surface area contributed by atoms with Gasteiger partial charge in [0.25, 0.3) is 9.84 Å². The lowest BCUT2D eigenvalue weighted by Gasteiger charge is -2.52. The predicted molar refractivity (Wildman–Crippen MR) is 127 cm³/mol. The van der Waals surface area contributed by atoms with Gasteiger partial charge >= 0.3 is 5.51 Å². The van der Waals surface area contributed by atoms with E-state index in [9.17, 15) is 26.4 Å². The quantitative estimate of drug-likeness (QED) is 0.548. The average Bonchev–Trinajstić information content (AvgIpc) is 3.34. The lowest BCUT2D eigenvalue weighted by molar-refractivity contribution is -0.120. The van der Waals surface area contributed by atoms with Crippen LogP contribution < -0.4 is 5.32 Å². The standard InChI is InChI=1S/C26H31F3N2O3S.H2/c1-2-21(11-20-14-25(15-20)9-7-23(32)30-25)31-16-24(17-31)8-6-19(13-24)10-18-4-3-5-22(12-18)35(33,34)26(27,28)29;/h3-5,12,19-20H,1,6-11,13-17H2,(H,30,32);1H/t19-,20?,25?;/m0./s1. The van der Waals surface area contributed by atoms with E-state index in [1.807, 2.05) is 0 Å². The van der Waals surface area contributed by atoms with Crippen molar-refractivity contribution in [3.05, 3.63) is 47.8 Å². The first kappa shape index (κ1) is 24.4. The molecule has 5 rings (SSSR count). The molecule has 9 heteroatoms. The molecule has 1 N–H and O–H groups in total. The Morgan fingerprint density at radius 2 is 1.94 bits per heavy atom. The van der Waals surface area contributed by atoms with Crippen LogP contribution in [0.15, 0.2) is 47.2 Å². The molecule has 1 aromatic rings. The zero-order valence-electron chi connectivity index (χ0n) is 19.7. The van der Waals surface area contributed by atoms with Gasteiger partial charge in [-0.2, -0.15) is 13.2 Å². The lowest BCUT2D eigenvalue weighted by atomic mass is 9.65. The average molecular weight is 511 g/mol. The van der Waals surface area contributed by atoms with Crippen molar-refractivity contribution in [2.24, 2.45) is 17.3 Å². The molecule has 2 aliphatic heterocycles. The summed E-state index contributed by atoms with van der Waals surface area (Å²) in [7, 11) is -5.33. The minimum absolute atomic E-state index is 0. The van der Waals surface area contributed by atoms with Crippen molar-refractivity contribution in [1.82, 2.24) is 10.2 Å². The predicted octanol–water partition coefficient (Wildman–Crippen LogP) is 4.99. The van der Waals surface area contributed by atoms with Crippen molar-refractivity contribution in [2.45, 2.75) is 73.7 Å². The van der Waals surface area contributed by atoms with Crippen LogP contribution in [0.4, 0.5) is 13.2 Å². The number of hydrogen-bond donors (Lipinski definition) is 1. The third-order valence-corrected chi connectivity index (χ3v) is 10.0. The van der Waals surface area contributed by atoms with Crippen LogP contribution in [0.2, 0.25) is 0 Å². The third-order valence-electron chi connectivity index (χ3n) is 8.56. The van der Waals surface area contributed by atoms with Gasteiger partial charge in [0, 0.05) is 31.9 Å². The van der Waals surface area contributed by atoms with Crippen LogP contribution in [0.1, 0.15) is 58.4 Å². The van der Waals surface area contributed by atoms with Crippen LogP contribution in [-0.2, 0) is 21.1 Å². The minimum atomic E-state index is -5.33. The van der Waals surface area contributed by atoms with Crippen molar-refractivity contribution < 1.29 is 27.8 Å². The van der Waals surface area contributed by atoms with E-state index in [1.54, 1.807) is 6.07 Å². The van der Waals surface area contributed by atoms with Crippen LogP contribution in [-0.4, -0.2) is 43.4 Å². The second-order valence-electron chi connectivity index (χ2n) is 11.2. The first-order valence-corrected chi connectivity index (χ1v) is 13.8. The normalized spacial score (nSPS) is 29.6. The van der Waals surface area contributed by atoms with E-state index in [4.69, 9.17) is 0 Å². The maximum Gasteiger partial charge on any atom is 0.501 e. The highest BCUT2D eigenvalue weighted by molar-refractivity contribution is 7.92. The number of allylic oxidation sites excluding steroid dienone is 1. The molecule has 35 heavy (non-hydrogen) atoms. The van der Waals surface area contributed by atoms with Gasteiger partial charge in [-0.25, -0.2) is 8.42 Å². The number of carbonyl (C=O) groups excluding carboxylic acids is 1. The lowest BCUT2D eigenvalue weighted by Crippen LogP contribution is -2.56. The number of carbonyl (C=O) groups is 1. The maximum absolute atomic E-state index is 12.9. The highest BCUT2D eigenvalue weighted by Crippen LogP contribution is 2.52. The van der Waals surface area contributed by atoms with Crippen molar-refractivity contribution in [1.29, 1.82) is 0 Å². The van der Waals surface area contributed by atoms with Gasteiger partial charge in [0.2, 0.25) is 5.91 Å². The number of nitrogens with one attached hydrogen (secondary N) is 1. The topological polar surface area (TPSA) is 66.5 Å². The van der Waals surface area contributed by atoms with Crippen LogP contribution in [0.3, 0.4) is 0 Å². The number of rotatable bonds is 6. The zero-order chi connectivity index (χ0) is 25.1. The van der Waals surface area contributed by atoms with Gasteiger partial charge in [-0.05, 0) is 80.9 Å². The molecule has 4 fully saturated rings. The maximum atomic E-state index is 12.9. The fourth-order valence-electron chi connectivity index (χ4n) is 6.91. The fourth-order valence-corrected chi connectivity index (χ4v) is 7.74.